The van der Waals surface area contributed by atoms with Crippen molar-refractivity contribution in [3.05, 3.63) is 29.8 Å². The fourth-order valence-electron chi connectivity index (χ4n) is 2.07. The highest BCUT2D eigenvalue weighted by molar-refractivity contribution is 7.89. The van der Waals surface area contributed by atoms with Crippen LogP contribution in [0.25, 0.3) is 0 Å². The Morgan fingerprint density at radius 1 is 1.30 bits per heavy atom. The molecule has 0 spiro atoms. The lowest BCUT2D eigenvalue weighted by molar-refractivity contribution is -0.138. The minimum atomic E-state index is -4.37. The number of rotatable bonds is 7. The number of hydrogen-bond donors (Lipinski definition) is 3. The number of sulfonamides is 1. The summed E-state index contributed by atoms with van der Waals surface area (Å²) in [5.41, 5.74) is 5.88. The Morgan fingerprint density at radius 2 is 1.78 bits per heavy atom. The van der Waals surface area contributed by atoms with Crippen molar-refractivity contribution in [1.82, 2.24) is 4.47 Å². The molecule has 0 unspecified atom stereocenters. The molecule has 0 fully saturated rings. The SMILES string of the molecule is CCC(C)(C)c1ccc(S(=O)(=O)N(O)[C@H](C(N)=O)[C@@H](C)O)cc1. The normalized spacial score (nSPS) is 15.4. The van der Waals surface area contributed by atoms with Crippen molar-refractivity contribution in [2.24, 2.45) is 5.73 Å². The van der Waals surface area contributed by atoms with Gasteiger partial charge in [0.05, 0.1) is 11.0 Å². The quantitative estimate of drug-likeness (QED) is 0.637. The zero-order valence-electron chi connectivity index (χ0n) is 13.7. The van der Waals surface area contributed by atoms with E-state index < -0.39 is 28.1 Å². The molecule has 0 aliphatic heterocycles. The van der Waals surface area contributed by atoms with Gasteiger partial charge in [-0.3, -0.25) is 10.0 Å². The number of aliphatic hydroxyl groups excluding tert-OH is 1. The monoisotopic (exact) mass is 344 g/mol. The third-order valence-corrected chi connectivity index (χ3v) is 5.64. The molecule has 130 valence electrons. The Morgan fingerprint density at radius 3 is 2.13 bits per heavy atom. The largest absolute Gasteiger partial charge is 0.391 e. The summed E-state index contributed by atoms with van der Waals surface area (Å²) in [6, 6.07) is 4.26. The van der Waals surface area contributed by atoms with Crippen LogP contribution >= 0.6 is 0 Å². The van der Waals surface area contributed by atoms with E-state index in [2.05, 4.69) is 0 Å². The molecule has 23 heavy (non-hydrogen) atoms. The van der Waals surface area contributed by atoms with Crippen LogP contribution < -0.4 is 5.73 Å². The molecular formula is C15H24N2O5S. The molecule has 0 aromatic heterocycles. The number of nitrogens with two attached hydrogens (primary N) is 1. The second-order valence-electron chi connectivity index (χ2n) is 6.13. The van der Waals surface area contributed by atoms with Gasteiger partial charge in [-0.2, -0.15) is 0 Å². The molecule has 2 atom stereocenters. The number of nitrogens with zero attached hydrogens (tertiary/aromatic N) is 1. The highest BCUT2D eigenvalue weighted by Gasteiger charge is 2.37. The van der Waals surface area contributed by atoms with Gasteiger partial charge in [0.1, 0.15) is 0 Å². The van der Waals surface area contributed by atoms with E-state index in [1.807, 2.05) is 20.8 Å². The van der Waals surface area contributed by atoms with Gasteiger partial charge in [-0.05, 0) is 36.5 Å². The highest BCUT2D eigenvalue weighted by Crippen LogP contribution is 2.28. The molecule has 1 rings (SSSR count). The standard InChI is InChI=1S/C15H24N2O5S/c1-5-15(3,4)11-6-8-12(9-7-11)23(21,22)17(20)13(10(2)18)14(16)19/h6-10,13,18,20H,5H2,1-4H3,(H2,16,19)/t10-,13+/m1/s1. The Balaban J connectivity index is 3.21. The second-order valence-corrected chi connectivity index (χ2v) is 7.92. The third kappa shape index (κ3) is 4.08. The summed E-state index contributed by atoms with van der Waals surface area (Å²) in [7, 11) is -4.37. The first-order valence-electron chi connectivity index (χ1n) is 7.26. The summed E-state index contributed by atoms with van der Waals surface area (Å²) in [4.78, 5) is 11.1. The summed E-state index contributed by atoms with van der Waals surface area (Å²) in [6.45, 7) is 7.26. The fraction of sp³-hybridized carbons (Fsp3) is 0.533. The summed E-state index contributed by atoms with van der Waals surface area (Å²) < 4.78 is 24.6. The number of hydroxylamine groups is 1. The molecule has 1 aromatic rings. The molecule has 4 N–H and O–H groups in total. The van der Waals surface area contributed by atoms with Crippen molar-refractivity contribution in [1.29, 1.82) is 0 Å². The maximum Gasteiger partial charge on any atom is 0.265 e. The van der Waals surface area contributed by atoms with Crippen molar-refractivity contribution in [2.75, 3.05) is 0 Å². The lowest BCUT2D eigenvalue weighted by Gasteiger charge is -2.26. The van der Waals surface area contributed by atoms with Crippen LogP contribution in [-0.2, 0) is 20.2 Å². The highest BCUT2D eigenvalue weighted by atomic mass is 32.2. The van der Waals surface area contributed by atoms with Crippen LogP contribution in [0, 0.1) is 0 Å². The Labute approximate surface area is 136 Å². The number of primary amides is 1. The summed E-state index contributed by atoms with van der Waals surface area (Å²) in [5, 5.41) is 19.4. The lowest BCUT2D eigenvalue weighted by Crippen LogP contribution is -2.51. The smallest absolute Gasteiger partial charge is 0.265 e. The number of hydrogen-bond acceptors (Lipinski definition) is 5. The molecule has 0 aliphatic rings. The molecule has 7 nitrogen and oxygen atoms in total. The van der Waals surface area contributed by atoms with E-state index in [4.69, 9.17) is 5.73 Å². The summed E-state index contributed by atoms with van der Waals surface area (Å²) in [5.74, 6) is -1.14. The first-order chi connectivity index (χ1) is 10.4. The number of carbonyl (C=O) groups excluding carboxylic acids is 1. The van der Waals surface area contributed by atoms with Gasteiger partial charge in [0, 0.05) is 0 Å². The van der Waals surface area contributed by atoms with Gasteiger partial charge in [-0.15, -0.1) is 0 Å². The molecule has 0 bridgehead atoms. The van der Waals surface area contributed by atoms with Gasteiger partial charge in [0.25, 0.3) is 10.0 Å². The number of amides is 1. The van der Waals surface area contributed by atoms with Crippen LogP contribution in [0.15, 0.2) is 29.2 Å². The molecule has 0 radical (unpaired) electrons. The van der Waals surface area contributed by atoms with Crippen LogP contribution in [0.1, 0.15) is 39.7 Å². The molecular weight excluding hydrogens is 320 g/mol. The van der Waals surface area contributed by atoms with Gasteiger partial charge in [0.2, 0.25) is 5.91 Å². The van der Waals surface area contributed by atoms with Crippen molar-refractivity contribution in [2.45, 2.75) is 56.6 Å². The van der Waals surface area contributed by atoms with Gasteiger partial charge < -0.3 is 10.8 Å². The first kappa shape index (κ1) is 19.6. The van der Waals surface area contributed by atoms with E-state index in [1.165, 1.54) is 19.1 Å². The molecule has 0 saturated carbocycles. The summed E-state index contributed by atoms with van der Waals surface area (Å²) >= 11 is 0. The van der Waals surface area contributed by atoms with Gasteiger partial charge in [-0.1, -0.05) is 37.4 Å². The number of aliphatic hydroxyl groups is 1. The average Bonchev–Trinajstić information content (AvgIpc) is 2.46. The number of benzene rings is 1. The molecule has 0 aliphatic carbocycles. The Kier molecular flexibility index (Phi) is 5.92. The fourth-order valence-corrected chi connectivity index (χ4v) is 3.35. The van der Waals surface area contributed by atoms with E-state index in [1.54, 1.807) is 12.1 Å². The molecule has 1 aromatic carbocycles. The topological polar surface area (TPSA) is 121 Å². The van der Waals surface area contributed by atoms with Gasteiger partial charge in [0.15, 0.2) is 6.04 Å². The molecule has 1 amide bonds. The zero-order valence-corrected chi connectivity index (χ0v) is 14.5. The van der Waals surface area contributed by atoms with Crippen LogP contribution in [0.3, 0.4) is 0 Å². The van der Waals surface area contributed by atoms with Crippen LogP contribution in [0.2, 0.25) is 0 Å². The molecule has 0 heterocycles. The predicted octanol–water partition coefficient (Wildman–Crippen LogP) is 0.989. The van der Waals surface area contributed by atoms with Crippen molar-refractivity contribution in [3.8, 4) is 0 Å². The second kappa shape index (κ2) is 6.96. The van der Waals surface area contributed by atoms with Crippen LogP contribution in [0.5, 0.6) is 0 Å². The summed E-state index contributed by atoms with van der Waals surface area (Å²) in [6.07, 6.45) is -0.581. The van der Waals surface area contributed by atoms with Crippen molar-refractivity contribution >= 4 is 15.9 Å². The number of carbonyl (C=O) groups is 1. The first-order valence-corrected chi connectivity index (χ1v) is 8.70. The predicted molar refractivity (Wildman–Crippen MR) is 85.2 cm³/mol. The van der Waals surface area contributed by atoms with Crippen molar-refractivity contribution < 1.29 is 23.5 Å². The lowest BCUT2D eigenvalue weighted by atomic mass is 9.82. The van der Waals surface area contributed by atoms with Crippen LogP contribution in [-0.4, -0.2) is 41.3 Å². The van der Waals surface area contributed by atoms with Crippen molar-refractivity contribution in [3.63, 3.8) is 0 Å². The zero-order chi connectivity index (χ0) is 18.0. The van der Waals surface area contributed by atoms with E-state index in [0.717, 1.165) is 12.0 Å². The Bertz CT molecular complexity index is 653. The average molecular weight is 344 g/mol. The third-order valence-electron chi connectivity index (χ3n) is 4.05. The minimum Gasteiger partial charge on any atom is -0.391 e. The maximum atomic E-state index is 12.4. The molecule has 0 saturated heterocycles. The van der Waals surface area contributed by atoms with Crippen LogP contribution in [0.4, 0.5) is 0 Å². The van der Waals surface area contributed by atoms with Gasteiger partial charge >= 0.3 is 0 Å². The van der Waals surface area contributed by atoms with E-state index >= 15 is 0 Å². The van der Waals surface area contributed by atoms with Gasteiger partial charge in [-0.25, -0.2) is 8.42 Å². The maximum absolute atomic E-state index is 12.4. The van der Waals surface area contributed by atoms with E-state index in [0.29, 0.717) is 0 Å². The molecule has 8 heteroatoms. The Hall–Kier alpha value is -1.48. The van der Waals surface area contributed by atoms with E-state index in [9.17, 15) is 23.5 Å². The minimum absolute atomic E-state index is 0.115. The van der Waals surface area contributed by atoms with E-state index in [-0.39, 0.29) is 14.8 Å².